The number of ether oxygens (including phenoxy) is 1. The van der Waals surface area contributed by atoms with Crippen molar-refractivity contribution in [2.24, 2.45) is 0 Å². The molecular formula is C25H13ClF6O. The SMILES string of the molecule is Fc1cccc(Cl)c1-c1cccc(OCc2ccccc2)c1-c1c(F)c(F)c(F)c(F)c1F. The highest BCUT2D eigenvalue weighted by Crippen LogP contribution is 2.45. The van der Waals surface area contributed by atoms with Gasteiger partial charge in [0.2, 0.25) is 5.82 Å². The van der Waals surface area contributed by atoms with E-state index in [0.717, 1.165) is 6.07 Å². The smallest absolute Gasteiger partial charge is 0.200 e. The van der Waals surface area contributed by atoms with E-state index in [4.69, 9.17) is 16.3 Å². The van der Waals surface area contributed by atoms with Crippen LogP contribution in [0.2, 0.25) is 5.02 Å². The van der Waals surface area contributed by atoms with E-state index in [-0.39, 0.29) is 28.5 Å². The third-order valence-electron chi connectivity index (χ3n) is 4.96. The van der Waals surface area contributed by atoms with E-state index < -0.39 is 46.0 Å². The molecule has 0 heterocycles. The van der Waals surface area contributed by atoms with Gasteiger partial charge >= 0.3 is 0 Å². The molecule has 0 saturated carbocycles. The van der Waals surface area contributed by atoms with Gasteiger partial charge in [0.1, 0.15) is 18.2 Å². The monoisotopic (exact) mass is 478 g/mol. The lowest BCUT2D eigenvalue weighted by Gasteiger charge is -2.19. The Morgan fingerprint density at radius 2 is 1.18 bits per heavy atom. The number of rotatable bonds is 5. The molecule has 4 aromatic carbocycles. The second-order valence-electron chi connectivity index (χ2n) is 6.99. The van der Waals surface area contributed by atoms with Crippen LogP contribution in [0.4, 0.5) is 26.3 Å². The number of hydrogen-bond acceptors (Lipinski definition) is 1. The fraction of sp³-hybridized carbons (Fsp3) is 0.0400. The molecular weight excluding hydrogens is 466 g/mol. The van der Waals surface area contributed by atoms with Crippen LogP contribution in [0.25, 0.3) is 22.3 Å². The van der Waals surface area contributed by atoms with Crippen molar-refractivity contribution < 1.29 is 31.1 Å². The first kappa shape index (κ1) is 22.7. The fourth-order valence-electron chi connectivity index (χ4n) is 3.43. The Morgan fingerprint density at radius 3 is 1.82 bits per heavy atom. The molecule has 1 nitrogen and oxygen atoms in total. The van der Waals surface area contributed by atoms with Gasteiger partial charge in [0.25, 0.3) is 0 Å². The second kappa shape index (κ2) is 9.19. The van der Waals surface area contributed by atoms with E-state index in [1.54, 1.807) is 30.3 Å². The molecule has 33 heavy (non-hydrogen) atoms. The van der Waals surface area contributed by atoms with Crippen molar-refractivity contribution in [2.45, 2.75) is 6.61 Å². The largest absolute Gasteiger partial charge is 0.488 e. The molecule has 0 unspecified atom stereocenters. The van der Waals surface area contributed by atoms with E-state index in [2.05, 4.69) is 0 Å². The molecule has 0 fully saturated rings. The molecule has 0 spiro atoms. The highest BCUT2D eigenvalue weighted by Gasteiger charge is 2.31. The van der Waals surface area contributed by atoms with Gasteiger partial charge in [-0.05, 0) is 29.3 Å². The first-order valence-electron chi connectivity index (χ1n) is 9.57. The van der Waals surface area contributed by atoms with Crippen LogP contribution in [0.15, 0.2) is 66.7 Å². The molecule has 4 aromatic rings. The van der Waals surface area contributed by atoms with Gasteiger partial charge in [-0.2, -0.15) is 0 Å². The maximum Gasteiger partial charge on any atom is 0.200 e. The van der Waals surface area contributed by atoms with Gasteiger partial charge < -0.3 is 4.74 Å². The molecule has 4 rings (SSSR count). The van der Waals surface area contributed by atoms with E-state index in [0.29, 0.717) is 5.56 Å². The average Bonchev–Trinajstić information content (AvgIpc) is 2.82. The summed E-state index contributed by atoms with van der Waals surface area (Å²) in [4.78, 5) is 0. The molecule has 0 aliphatic heterocycles. The van der Waals surface area contributed by atoms with Crippen LogP contribution in [-0.4, -0.2) is 0 Å². The lowest BCUT2D eigenvalue weighted by Crippen LogP contribution is -2.07. The van der Waals surface area contributed by atoms with Crippen LogP contribution in [0.3, 0.4) is 0 Å². The Kier molecular flexibility index (Phi) is 6.33. The maximum absolute atomic E-state index is 14.8. The molecule has 0 aromatic heterocycles. The highest BCUT2D eigenvalue weighted by atomic mass is 35.5. The molecule has 0 saturated heterocycles. The first-order valence-corrected chi connectivity index (χ1v) is 9.95. The first-order chi connectivity index (χ1) is 15.8. The van der Waals surface area contributed by atoms with Gasteiger partial charge in [-0.3, -0.25) is 0 Å². The van der Waals surface area contributed by atoms with Crippen molar-refractivity contribution in [3.63, 3.8) is 0 Å². The average molecular weight is 479 g/mol. The molecule has 0 amide bonds. The van der Waals surface area contributed by atoms with Gasteiger partial charge in [0.15, 0.2) is 23.3 Å². The molecule has 8 heteroatoms. The Bertz CT molecular complexity index is 1290. The second-order valence-corrected chi connectivity index (χ2v) is 7.40. The fourth-order valence-corrected chi connectivity index (χ4v) is 3.70. The van der Waals surface area contributed by atoms with Crippen molar-refractivity contribution >= 4 is 11.6 Å². The predicted octanol–water partition coefficient (Wildman–Crippen LogP) is 8.09. The summed E-state index contributed by atoms with van der Waals surface area (Å²) in [6.45, 7) is -0.0856. The number of benzene rings is 4. The minimum atomic E-state index is -2.30. The van der Waals surface area contributed by atoms with Crippen molar-refractivity contribution in [2.75, 3.05) is 0 Å². The summed E-state index contributed by atoms with van der Waals surface area (Å²) in [6.07, 6.45) is 0. The van der Waals surface area contributed by atoms with Crippen molar-refractivity contribution in [3.8, 4) is 28.0 Å². The van der Waals surface area contributed by atoms with Crippen molar-refractivity contribution in [1.29, 1.82) is 0 Å². The maximum atomic E-state index is 14.8. The minimum Gasteiger partial charge on any atom is -0.488 e. The topological polar surface area (TPSA) is 9.23 Å². The zero-order valence-corrected chi connectivity index (χ0v) is 17.4. The Morgan fingerprint density at radius 1 is 0.576 bits per heavy atom. The molecule has 0 aliphatic rings. The van der Waals surface area contributed by atoms with Crippen molar-refractivity contribution in [3.05, 3.63) is 112 Å². The minimum absolute atomic E-state index is 0.0856. The van der Waals surface area contributed by atoms with Gasteiger partial charge in [-0.25, -0.2) is 26.3 Å². The van der Waals surface area contributed by atoms with Gasteiger partial charge in [-0.15, -0.1) is 0 Å². The zero-order chi connectivity index (χ0) is 23.7. The predicted molar refractivity (Wildman–Crippen MR) is 113 cm³/mol. The molecule has 0 aliphatic carbocycles. The normalized spacial score (nSPS) is 11.0. The lowest BCUT2D eigenvalue weighted by atomic mass is 9.92. The summed E-state index contributed by atoms with van der Waals surface area (Å²) in [5.74, 6) is -11.8. The van der Waals surface area contributed by atoms with E-state index >= 15 is 0 Å². The summed E-state index contributed by atoms with van der Waals surface area (Å²) in [5, 5.41) is -0.125. The number of hydrogen-bond donors (Lipinski definition) is 0. The van der Waals surface area contributed by atoms with Crippen LogP contribution in [-0.2, 0) is 6.61 Å². The van der Waals surface area contributed by atoms with Gasteiger partial charge in [0, 0.05) is 11.1 Å². The highest BCUT2D eigenvalue weighted by molar-refractivity contribution is 6.33. The number of halogens is 7. The molecule has 168 valence electrons. The molecule has 0 atom stereocenters. The third kappa shape index (κ3) is 4.16. The molecule has 0 bridgehead atoms. The Balaban J connectivity index is 2.01. The van der Waals surface area contributed by atoms with Crippen LogP contribution >= 0.6 is 11.6 Å². The van der Waals surface area contributed by atoms with Crippen LogP contribution in [0.1, 0.15) is 5.56 Å². The van der Waals surface area contributed by atoms with Crippen molar-refractivity contribution in [1.82, 2.24) is 0 Å². The quantitative estimate of drug-likeness (QED) is 0.160. The molecule has 0 N–H and O–H groups in total. The Hall–Kier alpha value is -3.45. The van der Waals surface area contributed by atoms with E-state index in [1.807, 2.05) is 0 Å². The third-order valence-corrected chi connectivity index (χ3v) is 5.27. The van der Waals surface area contributed by atoms with E-state index in [9.17, 15) is 26.3 Å². The summed E-state index contributed by atoms with van der Waals surface area (Å²) in [7, 11) is 0. The summed E-state index contributed by atoms with van der Waals surface area (Å²) in [6, 6.07) is 16.3. The molecule has 0 radical (unpaired) electrons. The summed E-state index contributed by atoms with van der Waals surface area (Å²) < 4.78 is 91.9. The summed E-state index contributed by atoms with van der Waals surface area (Å²) in [5.41, 5.74) is -1.57. The van der Waals surface area contributed by atoms with Crippen LogP contribution in [0.5, 0.6) is 5.75 Å². The van der Waals surface area contributed by atoms with Crippen LogP contribution in [0, 0.1) is 34.9 Å². The standard InChI is InChI=1S/C25H13ClF6O/c26-15-9-5-10-16(27)18(15)14-8-4-11-17(33-12-13-6-2-1-3-7-13)19(14)20-21(28)23(30)25(32)24(31)22(20)29/h1-11H,12H2. The van der Waals surface area contributed by atoms with Gasteiger partial charge in [-0.1, -0.05) is 60.1 Å². The van der Waals surface area contributed by atoms with Gasteiger partial charge in [0.05, 0.1) is 10.6 Å². The van der Waals surface area contributed by atoms with E-state index in [1.165, 1.54) is 30.3 Å². The van der Waals surface area contributed by atoms with Crippen LogP contribution < -0.4 is 4.74 Å². The lowest BCUT2D eigenvalue weighted by molar-refractivity contribution is 0.307. The zero-order valence-electron chi connectivity index (χ0n) is 16.6. The Labute approximate surface area is 189 Å². The summed E-state index contributed by atoms with van der Waals surface area (Å²) >= 11 is 6.14.